The monoisotopic (exact) mass is 479 g/mol. The van der Waals surface area contributed by atoms with Crippen molar-refractivity contribution in [1.82, 2.24) is 0 Å². The van der Waals surface area contributed by atoms with Crippen molar-refractivity contribution in [2.75, 3.05) is 4.90 Å². The molecule has 0 spiro atoms. The van der Waals surface area contributed by atoms with Gasteiger partial charge in [-0.25, -0.2) is 8.78 Å². The van der Waals surface area contributed by atoms with Crippen LogP contribution in [0, 0.1) is 17.6 Å². The van der Waals surface area contributed by atoms with Crippen molar-refractivity contribution in [3.63, 3.8) is 0 Å². The molecule has 3 aromatic rings. The van der Waals surface area contributed by atoms with Crippen molar-refractivity contribution < 1.29 is 13.6 Å². The Morgan fingerprint density at radius 1 is 0.839 bits per heavy atom. The Labute approximate surface area is 194 Å². The van der Waals surface area contributed by atoms with Gasteiger partial charge in [0, 0.05) is 32.7 Å². The Kier molecular flexibility index (Phi) is 6.52. The minimum Gasteiger partial charge on any atom is -0.305 e. The number of hydrogen-bond donors (Lipinski definition) is 0. The number of piperidine rings is 1. The highest BCUT2D eigenvalue weighted by Crippen LogP contribution is 2.42. The predicted molar refractivity (Wildman–Crippen MR) is 121 cm³/mol. The second-order valence-electron chi connectivity index (χ2n) is 7.62. The number of carbonyl (C=O) groups excluding carboxylic acids is 1. The molecule has 0 radical (unpaired) electrons. The van der Waals surface area contributed by atoms with Gasteiger partial charge in [-0.05, 0) is 78.9 Å². The van der Waals surface area contributed by atoms with Crippen LogP contribution in [0.1, 0.15) is 30.0 Å². The zero-order valence-corrected chi connectivity index (χ0v) is 18.6. The van der Waals surface area contributed by atoms with Crippen molar-refractivity contribution >= 4 is 46.4 Å². The second-order valence-corrected chi connectivity index (χ2v) is 8.90. The molecule has 0 N–H and O–H groups in total. The van der Waals surface area contributed by atoms with E-state index in [2.05, 4.69) is 0 Å². The van der Waals surface area contributed by atoms with Crippen LogP contribution in [-0.2, 0) is 11.2 Å². The average Bonchev–Trinajstić information content (AvgIpc) is 2.70. The van der Waals surface area contributed by atoms with Gasteiger partial charge in [-0.15, -0.1) is 0 Å². The summed E-state index contributed by atoms with van der Waals surface area (Å²) in [5, 5.41) is 1.55. The molecule has 1 amide bonds. The van der Waals surface area contributed by atoms with Crippen LogP contribution in [0.5, 0.6) is 0 Å². The zero-order valence-electron chi connectivity index (χ0n) is 16.3. The highest BCUT2D eigenvalue weighted by molar-refractivity contribution is 6.35. The minimum absolute atomic E-state index is 0.130. The van der Waals surface area contributed by atoms with E-state index in [1.807, 2.05) is 6.07 Å². The molecule has 7 heteroatoms. The first-order chi connectivity index (χ1) is 14.8. The van der Waals surface area contributed by atoms with Crippen LogP contribution < -0.4 is 4.90 Å². The van der Waals surface area contributed by atoms with Gasteiger partial charge in [0.25, 0.3) is 0 Å². The number of anilines is 1. The molecule has 2 nitrogen and oxygen atoms in total. The van der Waals surface area contributed by atoms with E-state index in [4.69, 9.17) is 34.8 Å². The fourth-order valence-electron chi connectivity index (χ4n) is 4.14. The molecule has 0 aromatic heterocycles. The summed E-state index contributed by atoms with van der Waals surface area (Å²) >= 11 is 18.6. The van der Waals surface area contributed by atoms with Crippen LogP contribution in [0.15, 0.2) is 60.7 Å². The largest absolute Gasteiger partial charge is 0.305 e. The second kappa shape index (κ2) is 9.15. The number of carbonyl (C=O) groups is 1. The van der Waals surface area contributed by atoms with Crippen molar-refractivity contribution in [2.24, 2.45) is 5.92 Å². The van der Waals surface area contributed by atoms with Crippen molar-refractivity contribution in [3.8, 4) is 0 Å². The van der Waals surface area contributed by atoms with Gasteiger partial charge in [-0.3, -0.25) is 4.79 Å². The molecule has 1 saturated heterocycles. The Morgan fingerprint density at radius 3 is 2.13 bits per heavy atom. The lowest BCUT2D eigenvalue weighted by Crippen LogP contribution is -2.44. The van der Waals surface area contributed by atoms with Crippen LogP contribution >= 0.6 is 34.8 Å². The molecule has 1 heterocycles. The maximum atomic E-state index is 13.6. The summed E-state index contributed by atoms with van der Waals surface area (Å²) < 4.78 is 27.3. The lowest BCUT2D eigenvalue weighted by Gasteiger charge is -2.40. The summed E-state index contributed by atoms with van der Waals surface area (Å²) in [6, 6.07) is 15.3. The highest BCUT2D eigenvalue weighted by Gasteiger charge is 2.38. The molecular weight excluding hydrogens is 463 g/mol. The van der Waals surface area contributed by atoms with Gasteiger partial charge in [0.05, 0.1) is 6.04 Å². The van der Waals surface area contributed by atoms with Crippen LogP contribution in [0.3, 0.4) is 0 Å². The molecule has 0 saturated carbocycles. The van der Waals surface area contributed by atoms with Gasteiger partial charge >= 0.3 is 0 Å². The van der Waals surface area contributed by atoms with Crippen molar-refractivity contribution in [2.45, 2.75) is 25.3 Å². The summed E-state index contributed by atoms with van der Waals surface area (Å²) in [7, 11) is 0. The van der Waals surface area contributed by atoms with E-state index in [9.17, 15) is 13.6 Å². The Hall–Kier alpha value is -2.14. The van der Waals surface area contributed by atoms with Crippen LogP contribution in [-0.4, -0.2) is 5.91 Å². The van der Waals surface area contributed by atoms with Crippen LogP contribution in [0.2, 0.25) is 15.1 Å². The number of hydrogen-bond acceptors (Lipinski definition) is 1. The molecule has 1 aliphatic heterocycles. The normalized spacial score (nSPS) is 19.0. The van der Waals surface area contributed by atoms with Gasteiger partial charge in [-0.2, -0.15) is 0 Å². The SMILES string of the molecule is O=C1[C@H](Cc2cc(F)cc(F)c2)CCC(c2ccc(Cl)cc2Cl)N1c1ccc(Cl)cc1. The fraction of sp³-hybridized carbons (Fsp3) is 0.208. The molecule has 3 aromatic carbocycles. The van der Waals surface area contributed by atoms with E-state index in [0.717, 1.165) is 11.6 Å². The first-order valence-corrected chi connectivity index (χ1v) is 10.9. The zero-order chi connectivity index (χ0) is 22.1. The third kappa shape index (κ3) is 4.87. The van der Waals surface area contributed by atoms with Gasteiger partial charge < -0.3 is 4.90 Å². The standard InChI is InChI=1S/C24H18Cl3F2NO/c25-16-2-5-20(6-3-16)30-23(21-7-4-17(26)12-22(21)27)8-1-15(24(30)31)9-14-10-18(28)13-19(29)11-14/h2-7,10-13,15,23H,1,8-9H2/t15-,23?/m0/s1. The maximum Gasteiger partial charge on any atom is 0.231 e. The Balaban J connectivity index is 1.70. The van der Waals surface area contributed by atoms with E-state index in [1.165, 1.54) is 12.1 Å². The minimum atomic E-state index is -0.654. The maximum absolute atomic E-state index is 13.6. The van der Waals surface area contributed by atoms with Gasteiger partial charge in [-0.1, -0.05) is 40.9 Å². The van der Waals surface area contributed by atoms with Crippen LogP contribution in [0.25, 0.3) is 0 Å². The smallest absolute Gasteiger partial charge is 0.231 e. The number of rotatable bonds is 4. The molecule has 1 unspecified atom stereocenters. The molecule has 0 bridgehead atoms. The predicted octanol–water partition coefficient (Wildman–Crippen LogP) is 7.65. The molecule has 2 atom stereocenters. The summed E-state index contributed by atoms with van der Waals surface area (Å²) in [6.07, 6.45) is 1.45. The van der Waals surface area contributed by atoms with Crippen LogP contribution in [0.4, 0.5) is 14.5 Å². The summed E-state index contributed by atoms with van der Waals surface area (Å²) in [6.45, 7) is 0. The first kappa shape index (κ1) is 22.1. The van der Waals surface area contributed by atoms with Gasteiger partial charge in [0.2, 0.25) is 5.91 Å². The molecule has 31 heavy (non-hydrogen) atoms. The molecular formula is C24H18Cl3F2NO. The lowest BCUT2D eigenvalue weighted by molar-refractivity contribution is -0.124. The molecule has 1 aliphatic rings. The van der Waals surface area contributed by atoms with Gasteiger partial charge in [0.1, 0.15) is 11.6 Å². The van der Waals surface area contributed by atoms with E-state index in [1.54, 1.807) is 41.3 Å². The third-order valence-corrected chi connectivity index (χ3v) is 6.33. The quantitative estimate of drug-likeness (QED) is 0.375. The average molecular weight is 481 g/mol. The van der Waals surface area contributed by atoms with E-state index in [-0.39, 0.29) is 18.4 Å². The summed E-state index contributed by atoms with van der Waals surface area (Å²) in [5.41, 5.74) is 1.93. The molecule has 160 valence electrons. The van der Waals surface area contributed by atoms with E-state index >= 15 is 0 Å². The Morgan fingerprint density at radius 2 is 1.48 bits per heavy atom. The number of halogens is 5. The highest BCUT2D eigenvalue weighted by atomic mass is 35.5. The van der Waals surface area contributed by atoms with E-state index in [0.29, 0.717) is 39.2 Å². The van der Waals surface area contributed by atoms with Crippen molar-refractivity contribution in [3.05, 3.63) is 98.5 Å². The van der Waals surface area contributed by atoms with Crippen molar-refractivity contribution in [1.29, 1.82) is 0 Å². The third-order valence-electron chi connectivity index (χ3n) is 5.52. The summed E-state index contributed by atoms with van der Waals surface area (Å²) in [4.78, 5) is 15.3. The number of nitrogens with zero attached hydrogens (tertiary/aromatic N) is 1. The molecule has 0 aliphatic carbocycles. The fourth-order valence-corrected chi connectivity index (χ4v) is 4.80. The number of benzene rings is 3. The Bertz CT molecular complexity index is 1100. The van der Waals surface area contributed by atoms with Gasteiger partial charge in [0.15, 0.2) is 0 Å². The first-order valence-electron chi connectivity index (χ1n) is 9.80. The number of amides is 1. The molecule has 4 rings (SSSR count). The topological polar surface area (TPSA) is 20.3 Å². The molecule has 1 fully saturated rings. The summed E-state index contributed by atoms with van der Waals surface area (Å²) in [5.74, 6) is -1.86. The lowest BCUT2D eigenvalue weighted by atomic mass is 9.84. The van der Waals surface area contributed by atoms with E-state index < -0.39 is 17.6 Å².